The third-order valence-corrected chi connectivity index (χ3v) is 1.33. The van der Waals surface area contributed by atoms with E-state index in [-0.39, 0.29) is 10.7 Å². The standard InChI is InChI=1S/C8H11N3.FH/c9-8(10)11-6-7-4-2-1-3-5-7;/h1-5H,6H2,(H4,9,10,11);1H. The van der Waals surface area contributed by atoms with Gasteiger partial charge in [0.1, 0.15) is 0 Å². The Labute approximate surface area is 70.5 Å². The second-order valence-electron chi connectivity index (χ2n) is 2.25. The molecular weight excluding hydrogens is 157 g/mol. The monoisotopic (exact) mass is 169 g/mol. The van der Waals surface area contributed by atoms with E-state index in [4.69, 9.17) is 11.1 Å². The number of hydrogen-bond donors (Lipinski definition) is 3. The molecule has 0 aliphatic carbocycles. The lowest BCUT2D eigenvalue weighted by Gasteiger charge is -2.01. The molecule has 0 saturated heterocycles. The van der Waals surface area contributed by atoms with Gasteiger partial charge in [0.25, 0.3) is 0 Å². The Morgan fingerprint density at radius 3 is 2.42 bits per heavy atom. The van der Waals surface area contributed by atoms with E-state index in [0.717, 1.165) is 5.56 Å². The van der Waals surface area contributed by atoms with Gasteiger partial charge in [-0.25, -0.2) is 0 Å². The zero-order valence-corrected chi connectivity index (χ0v) is 6.58. The number of nitrogens with one attached hydrogen (secondary N) is 2. The van der Waals surface area contributed by atoms with Crippen LogP contribution >= 0.6 is 0 Å². The second kappa shape index (κ2) is 5.12. The number of rotatable bonds is 2. The number of guanidine groups is 1. The van der Waals surface area contributed by atoms with E-state index in [1.54, 1.807) is 0 Å². The minimum absolute atomic E-state index is 0. The van der Waals surface area contributed by atoms with Gasteiger partial charge >= 0.3 is 0 Å². The number of nitrogens with two attached hydrogens (primary N) is 1. The first-order chi connectivity index (χ1) is 5.29. The average Bonchev–Trinajstić information content (AvgIpc) is 2.03. The smallest absolute Gasteiger partial charge is 0.185 e. The van der Waals surface area contributed by atoms with Crippen molar-refractivity contribution in [3.8, 4) is 0 Å². The third kappa shape index (κ3) is 3.55. The van der Waals surface area contributed by atoms with Crippen molar-refractivity contribution in [2.24, 2.45) is 5.73 Å². The molecule has 3 nitrogen and oxygen atoms in total. The summed E-state index contributed by atoms with van der Waals surface area (Å²) in [6, 6.07) is 9.83. The first kappa shape index (κ1) is 10.4. The molecule has 1 aromatic carbocycles. The summed E-state index contributed by atoms with van der Waals surface area (Å²) in [5, 5.41) is 9.63. The van der Waals surface area contributed by atoms with Crippen LogP contribution in [0.2, 0.25) is 0 Å². The van der Waals surface area contributed by atoms with Crippen molar-refractivity contribution in [3.63, 3.8) is 0 Å². The lowest BCUT2D eigenvalue weighted by Crippen LogP contribution is -2.29. The van der Waals surface area contributed by atoms with Gasteiger partial charge in [0, 0.05) is 6.54 Å². The summed E-state index contributed by atoms with van der Waals surface area (Å²) in [6.45, 7) is 0.621. The molecule has 1 aromatic rings. The molecule has 0 aliphatic heterocycles. The van der Waals surface area contributed by atoms with Crippen LogP contribution in [0, 0.1) is 5.41 Å². The largest absolute Gasteiger partial charge is 0.370 e. The van der Waals surface area contributed by atoms with Crippen LogP contribution in [0.5, 0.6) is 0 Å². The highest BCUT2D eigenvalue weighted by Gasteiger charge is 1.89. The maximum absolute atomic E-state index is 6.91. The summed E-state index contributed by atoms with van der Waals surface area (Å²) in [6.07, 6.45) is 0. The van der Waals surface area contributed by atoms with E-state index in [9.17, 15) is 0 Å². The molecule has 0 radical (unpaired) electrons. The lowest BCUT2D eigenvalue weighted by atomic mass is 10.2. The second-order valence-corrected chi connectivity index (χ2v) is 2.25. The predicted octanol–water partition coefficient (Wildman–Crippen LogP) is 0.822. The van der Waals surface area contributed by atoms with Gasteiger partial charge in [-0.15, -0.1) is 0 Å². The van der Waals surface area contributed by atoms with Crippen LogP contribution in [0.4, 0.5) is 4.70 Å². The minimum Gasteiger partial charge on any atom is -0.370 e. The zero-order valence-electron chi connectivity index (χ0n) is 6.58. The van der Waals surface area contributed by atoms with Crippen molar-refractivity contribution in [2.45, 2.75) is 6.54 Å². The summed E-state index contributed by atoms with van der Waals surface area (Å²) < 4.78 is 0. The number of halogens is 1. The van der Waals surface area contributed by atoms with Crippen molar-refractivity contribution in [2.75, 3.05) is 0 Å². The number of hydrogen-bond acceptors (Lipinski definition) is 1. The Hall–Kier alpha value is -1.58. The van der Waals surface area contributed by atoms with Crippen LogP contribution in [0.3, 0.4) is 0 Å². The Morgan fingerprint density at radius 1 is 1.33 bits per heavy atom. The molecule has 0 heterocycles. The van der Waals surface area contributed by atoms with E-state index in [1.807, 2.05) is 30.3 Å². The molecule has 0 fully saturated rings. The van der Waals surface area contributed by atoms with Crippen molar-refractivity contribution >= 4 is 5.96 Å². The maximum atomic E-state index is 6.91. The van der Waals surface area contributed by atoms with Gasteiger partial charge in [-0.2, -0.15) is 0 Å². The van der Waals surface area contributed by atoms with Gasteiger partial charge < -0.3 is 11.1 Å². The molecule has 0 unspecified atom stereocenters. The van der Waals surface area contributed by atoms with Gasteiger partial charge in [0.15, 0.2) is 5.96 Å². The summed E-state index contributed by atoms with van der Waals surface area (Å²) in [5.41, 5.74) is 6.24. The highest BCUT2D eigenvalue weighted by molar-refractivity contribution is 5.74. The summed E-state index contributed by atoms with van der Waals surface area (Å²) in [5.74, 6) is 0.00820. The first-order valence-corrected chi connectivity index (χ1v) is 3.41. The van der Waals surface area contributed by atoms with Gasteiger partial charge in [0.05, 0.1) is 0 Å². The van der Waals surface area contributed by atoms with Crippen LogP contribution in [0.1, 0.15) is 5.56 Å². The van der Waals surface area contributed by atoms with Crippen LogP contribution in [0.15, 0.2) is 30.3 Å². The molecule has 1 rings (SSSR count). The van der Waals surface area contributed by atoms with Crippen LogP contribution < -0.4 is 11.1 Å². The van der Waals surface area contributed by atoms with E-state index in [1.165, 1.54) is 0 Å². The van der Waals surface area contributed by atoms with Gasteiger partial charge in [-0.3, -0.25) is 10.1 Å². The predicted molar refractivity (Wildman–Crippen MR) is 47.7 cm³/mol. The molecule has 0 bridgehead atoms. The summed E-state index contributed by atoms with van der Waals surface area (Å²) in [7, 11) is 0. The maximum Gasteiger partial charge on any atom is 0.185 e. The Bertz CT molecular complexity index is 235. The fourth-order valence-corrected chi connectivity index (χ4v) is 0.793. The summed E-state index contributed by atoms with van der Waals surface area (Å²) >= 11 is 0. The molecule has 0 aliphatic rings. The quantitative estimate of drug-likeness (QED) is 0.453. The molecule has 0 aromatic heterocycles. The first-order valence-electron chi connectivity index (χ1n) is 3.41. The normalized spacial score (nSPS) is 8.33. The highest BCUT2D eigenvalue weighted by atomic mass is 19.0. The van der Waals surface area contributed by atoms with Crippen molar-refractivity contribution in [3.05, 3.63) is 35.9 Å². The zero-order chi connectivity index (χ0) is 8.10. The Kier molecular flexibility index (Phi) is 4.45. The van der Waals surface area contributed by atoms with Crippen molar-refractivity contribution in [1.82, 2.24) is 5.32 Å². The van der Waals surface area contributed by atoms with Gasteiger partial charge in [-0.1, -0.05) is 30.3 Å². The van der Waals surface area contributed by atoms with Crippen molar-refractivity contribution < 1.29 is 4.70 Å². The fraction of sp³-hybridized carbons (Fsp3) is 0.125. The van der Waals surface area contributed by atoms with Crippen LogP contribution in [-0.2, 0) is 6.54 Å². The van der Waals surface area contributed by atoms with E-state index in [0.29, 0.717) is 6.54 Å². The van der Waals surface area contributed by atoms with Crippen LogP contribution in [-0.4, -0.2) is 5.96 Å². The molecule has 66 valence electrons. The molecule has 4 heteroatoms. The Morgan fingerprint density at radius 2 is 1.92 bits per heavy atom. The fourth-order valence-electron chi connectivity index (χ4n) is 0.793. The molecule has 0 atom stereocenters. The average molecular weight is 169 g/mol. The van der Waals surface area contributed by atoms with E-state index >= 15 is 0 Å². The molecule has 0 amide bonds. The lowest BCUT2D eigenvalue weighted by molar-refractivity contribution is 0.897. The molecule has 0 spiro atoms. The van der Waals surface area contributed by atoms with Crippen LogP contribution in [0.25, 0.3) is 0 Å². The Balaban J connectivity index is 0.00000121. The number of benzene rings is 1. The highest BCUT2D eigenvalue weighted by Crippen LogP contribution is 1.96. The molecule has 4 N–H and O–H groups in total. The van der Waals surface area contributed by atoms with Gasteiger partial charge in [-0.05, 0) is 5.56 Å². The van der Waals surface area contributed by atoms with E-state index < -0.39 is 0 Å². The van der Waals surface area contributed by atoms with Crippen molar-refractivity contribution in [1.29, 1.82) is 5.41 Å². The minimum atomic E-state index is 0. The molecular formula is C8H12FN3. The SMILES string of the molecule is F.N=C(N)NCc1ccccc1. The summed E-state index contributed by atoms with van der Waals surface area (Å²) in [4.78, 5) is 0. The van der Waals surface area contributed by atoms with E-state index in [2.05, 4.69) is 5.32 Å². The molecule has 0 saturated carbocycles. The van der Waals surface area contributed by atoms with Gasteiger partial charge in [0.2, 0.25) is 0 Å². The third-order valence-electron chi connectivity index (χ3n) is 1.33. The molecule has 12 heavy (non-hydrogen) atoms. The topological polar surface area (TPSA) is 61.9 Å².